The van der Waals surface area contributed by atoms with Crippen LogP contribution in [0.3, 0.4) is 0 Å². The van der Waals surface area contributed by atoms with E-state index in [1.54, 1.807) is 17.7 Å². The minimum Gasteiger partial charge on any atom is -0.462 e. The molecule has 0 aliphatic heterocycles. The molecule has 1 N–H and O–H groups in total. The van der Waals surface area contributed by atoms with Crippen molar-refractivity contribution in [3.63, 3.8) is 0 Å². The van der Waals surface area contributed by atoms with Gasteiger partial charge in [0.1, 0.15) is 26.9 Å². The first-order valence-corrected chi connectivity index (χ1v) is 10.3. The van der Waals surface area contributed by atoms with Gasteiger partial charge in [0.2, 0.25) is 0 Å². The standard InChI is InChI=1S/C18H20N4O2S2/c1-4-24-18(23)14-10(3)12-15(20-8-21-16(12)26-14)22-13(11-5-6-11)17-19-7-9(2)25-17/h7-8,11,13H,4-6H2,1-3H3,(H,20,21,22)/t13-/m0/s1. The minimum atomic E-state index is -0.298. The number of fused-ring (bicyclic) bond motifs is 1. The quantitative estimate of drug-likeness (QED) is 0.626. The number of esters is 1. The van der Waals surface area contributed by atoms with Crippen molar-refractivity contribution >= 4 is 44.7 Å². The fraction of sp³-hybridized carbons (Fsp3) is 0.444. The number of hydrogen-bond acceptors (Lipinski definition) is 8. The summed E-state index contributed by atoms with van der Waals surface area (Å²) >= 11 is 3.08. The van der Waals surface area contributed by atoms with Crippen molar-refractivity contribution in [2.24, 2.45) is 5.92 Å². The van der Waals surface area contributed by atoms with Crippen LogP contribution in [0.1, 0.15) is 50.9 Å². The number of nitrogens with zero attached hydrogens (tertiary/aromatic N) is 3. The van der Waals surface area contributed by atoms with Crippen molar-refractivity contribution < 1.29 is 9.53 Å². The van der Waals surface area contributed by atoms with Crippen LogP contribution in [-0.4, -0.2) is 27.5 Å². The highest BCUT2D eigenvalue weighted by atomic mass is 32.1. The van der Waals surface area contributed by atoms with Gasteiger partial charge in [0.25, 0.3) is 0 Å². The second-order valence-electron chi connectivity index (χ2n) is 6.45. The van der Waals surface area contributed by atoms with Crippen molar-refractivity contribution in [2.45, 2.75) is 39.7 Å². The molecule has 26 heavy (non-hydrogen) atoms. The number of hydrogen-bond donors (Lipinski definition) is 1. The summed E-state index contributed by atoms with van der Waals surface area (Å²) in [6, 6.07) is 0.150. The normalized spacial score (nSPS) is 15.2. The molecule has 136 valence electrons. The Morgan fingerprint density at radius 3 is 2.77 bits per heavy atom. The molecule has 1 aliphatic rings. The molecule has 0 unspecified atom stereocenters. The van der Waals surface area contributed by atoms with Gasteiger partial charge in [-0.05, 0) is 45.1 Å². The molecule has 8 heteroatoms. The first kappa shape index (κ1) is 17.4. The van der Waals surface area contributed by atoms with Gasteiger partial charge in [0.15, 0.2) is 0 Å². The van der Waals surface area contributed by atoms with Gasteiger partial charge in [-0.2, -0.15) is 0 Å². The minimum absolute atomic E-state index is 0.150. The molecule has 3 heterocycles. The smallest absolute Gasteiger partial charge is 0.348 e. The Morgan fingerprint density at radius 1 is 1.31 bits per heavy atom. The van der Waals surface area contributed by atoms with E-state index in [1.165, 1.54) is 29.1 Å². The van der Waals surface area contributed by atoms with Crippen LogP contribution in [0.25, 0.3) is 10.2 Å². The van der Waals surface area contributed by atoms with E-state index in [-0.39, 0.29) is 12.0 Å². The number of rotatable bonds is 6. The Balaban J connectivity index is 1.73. The molecule has 0 spiro atoms. The summed E-state index contributed by atoms with van der Waals surface area (Å²) in [5, 5.41) is 5.59. The highest BCUT2D eigenvalue weighted by Gasteiger charge is 2.35. The first-order valence-electron chi connectivity index (χ1n) is 8.68. The van der Waals surface area contributed by atoms with Crippen molar-refractivity contribution in [3.8, 4) is 0 Å². The lowest BCUT2D eigenvalue weighted by Crippen LogP contribution is -2.14. The number of anilines is 1. The van der Waals surface area contributed by atoms with Gasteiger partial charge in [0, 0.05) is 11.1 Å². The van der Waals surface area contributed by atoms with Crippen LogP contribution >= 0.6 is 22.7 Å². The predicted octanol–water partition coefficient (Wildman–Crippen LogP) is 4.50. The summed E-state index contributed by atoms with van der Waals surface area (Å²) in [7, 11) is 0. The maximum absolute atomic E-state index is 12.2. The number of aromatic nitrogens is 3. The molecule has 6 nitrogen and oxygen atoms in total. The summed E-state index contributed by atoms with van der Waals surface area (Å²) in [6.45, 7) is 6.17. The van der Waals surface area contributed by atoms with Crippen molar-refractivity contribution in [2.75, 3.05) is 11.9 Å². The zero-order chi connectivity index (χ0) is 18.3. The van der Waals surface area contributed by atoms with Gasteiger partial charge in [-0.15, -0.1) is 22.7 Å². The molecule has 0 saturated heterocycles. The van der Waals surface area contributed by atoms with E-state index in [2.05, 4.69) is 27.2 Å². The third-order valence-electron chi connectivity index (χ3n) is 4.48. The lowest BCUT2D eigenvalue weighted by Gasteiger charge is -2.17. The molecule has 1 aliphatic carbocycles. The fourth-order valence-corrected chi connectivity index (χ4v) is 5.01. The summed E-state index contributed by atoms with van der Waals surface area (Å²) in [6.07, 6.45) is 5.86. The van der Waals surface area contributed by atoms with E-state index in [9.17, 15) is 4.79 Å². The Morgan fingerprint density at radius 2 is 2.12 bits per heavy atom. The average molecular weight is 389 g/mol. The number of thiazole rings is 1. The van der Waals surface area contributed by atoms with Crippen LogP contribution in [-0.2, 0) is 4.74 Å². The molecule has 4 rings (SSSR count). The third kappa shape index (κ3) is 3.19. The average Bonchev–Trinajstić information content (AvgIpc) is 3.28. The van der Waals surface area contributed by atoms with E-state index in [4.69, 9.17) is 4.74 Å². The molecule has 3 aromatic rings. The molecular formula is C18H20N4O2S2. The molecule has 0 radical (unpaired) electrons. The van der Waals surface area contributed by atoms with Crippen LogP contribution in [0.15, 0.2) is 12.5 Å². The second-order valence-corrected chi connectivity index (χ2v) is 8.71. The number of ether oxygens (including phenoxy) is 1. The van der Waals surface area contributed by atoms with Crippen LogP contribution in [0.2, 0.25) is 0 Å². The van der Waals surface area contributed by atoms with Crippen LogP contribution in [0.4, 0.5) is 5.82 Å². The second kappa shape index (κ2) is 6.92. The zero-order valence-corrected chi connectivity index (χ0v) is 16.5. The van der Waals surface area contributed by atoms with Crippen molar-refractivity contribution in [3.05, 3.63) is 32.8 Å². The Bertz CT molecular complexity index is 961. The molecule has 1 fully saturated rings. The van der Waals surface area contributed by atoms with E-state index < -0.39 is 0 Å². The molecular weight excluding hydrogens is 368 g/mol. The van der Waals surface area contributed by atoms with Crippen molar-refractivity contribution in [1.29, 1.82) is 0 Å². The number of aryl methyl sites for hydroxylation is 2. The summed E-state index contributed by atoms with van der Waals surface area (Å²) in [5.74, 6) is 1.05. The van der Waals surface area contributed by atoms with Gasteiger partial charge < -0.3 is 10.1 Å². The number of carbonyl (C=O) groups is 1. The number of nitrogens with one attached hydrogen (secondary N) is 1. The van der Waals surface area contributed by atoms with Crippen LogP contribution in [0, 0.1) is 19.8 Å². The SMILES string of the molecule is CCOC(=O)c1sc2ncnc(N[C@H](c3ncc(C)s3)C3CC3)c2c1C. The molecule has 1 saturated carbocycles. The van der Waals surface area contributed by atoms with Gasteiger partial charge in [-0.25, -0.2) is 19.7 Å². The summed E-state index contributed by atoms with van der Waals surface area (Å²) in [5.41, 5.74) is 0.872. The fourth-order valence-electron chi connectivity index (χ4n) is 3.05. The van der Waals surface area contributed by atoms with Gasteiger partial charge in [0.05, 0.1) is 18.0 Å². The molecule has 1 atom stereocenters. The highest BCUT2D eigenvalue weighted by Crippen LogP contribution is 2.45. The lowest BCUT2D eigenvalue weighted by atomic mass is 10.1. The molecule has 0 aromatic carbocycles. The van der Waals surface area contributed by atoms with Gasteiger partial charge in [-0.3, -0.25) is 0 Å². The summed E-state index contributed by atoms with van der Waals surface area (Å²) < 4.78 is 5.17. The zero-order valence-electron chi connectivity index (χ0n) is 14.9. The maximum Gasteiger partial charge on any atom is 0.348 e. The number of carbonyl (C=O) groups excluding carboxylic acids is 1. The van der Waals surface area contributed by atoms with E-state index >= 15 is 0 Å². The van der Waals surface area contributed by atoms with E-state index in [0.717, 1.165) is 26.6 Å². The first-order chi connectivity index (χ1) is 12.6. The third-order valence-corrected chi connectivity index (χ3v) is 6.65. The lowest BCUT2D eigenvalue weighted by molar-refractivity contribution is 0.0531. The summed E-state index contributed by atoms with van der Waals surface area (Å²) in [4.78, 5) is 28.2. The Kier molecular flexibility index (Phi) is 4.62. The van der Waals surface area contributed by atoms with E-state index in [1.807, 2.05) is 20.0 Å². The Labute approximate surface area is 159 Å². The largest absolute Gasteiger partial charge is 0.462 e. The van der Waals surface area contributed by atoms with Crippen molar-refractivity contribution in [1.82, 2.24) is 15.0 Å². The van der Waals surface area contributed by atoms with Crippen LogP contribution in [0.5, 0.6) is 0 Å². The Hall–Kier alpha value is -2.06. The van der Waals surface area contributed by atoms with Crippen LogP contribution < -0.4 is 5.32 Å². The molecule has 0 bridgehead atoms. The van der Waals surface area contributed by atoms with Gasteiger partial charge in [-0.1, -0.05) is 0 Å². The predicted molar refractivity (Wildman–Crippen MR) is 104 cm³/mol. The van der Waals surface area contributed by atoms with Gasteiger partial charge >= 0.3 is 5.97 Å². The maximum atomic E-state index is 12.2. The topological polar surface area (TPSA) is 77.0 Å². The molecule has 3 aromatic heterocycles. The highest BCUT2D eigenvalue weighted by molar-refractivity contribution is 7.20. The molecule has 0 amide bonds. The van der Waals surface area contributed by atoms with E-state index in [0.29, 0.717) is 17.4 Å². The number of thiophene rings is 1. The monoisotopic (exact) mass is 388 g/mol.